The van der Waals surface area contributed by atoms with Gasteiger partial charge in [-0.2, -0.15) is 5.10 Å². The lowest BCUT2D eigenvalue weighted by molar-refractivity contribution is 0.0546. The molecule has 1 aromatic heterocycles. The molecule has 0 atom stereocenters. The molecule has 1 aromatic rings. The second-order valence-electron chi connectivity index (χ2n) is 5.53. The van der Waals surface area contributed by atoms with Crippen LogP contribution in [0.1, 0.15) is 44.6 Å². The van der Waals surface area contributed by atoms with Crippen molar-refractivity contribution in [2.24, 2.45) is 12.8 Å². The van der Waals surface area contributed by atoms with Crippen molar-refractivity contribution in [1.82, 2.24) is 14.7 Å². The average molecular weight is 250 g/mol. The van der Waals surface area contributed by atoms with Crippen LogP contribution in [0.5, 0.6) is 0 Å². The van der Waals surface area contributed by atoms with Crippen molar-refractivity contribution in [1.29, 1.82) is 0 Å². The van der Waals surface area contributed by atoms with Crippen LogP contribution in [0.3, 0.4) is 0 Å². The number of aryl methyl sites for hydroxylation is 1. The molecular formula is C14H26N4. The van der Waals surface area contributed by atoms with Gasteiger partial charge in [-0.3, -0.25) is 9.58 Å². The number of rotatable bonds is 5. The van der Waals surface area contributed by atoms with E-state index >= 15 is 0 Å². The summed E-state index contributed by atoms with van der Waals surface area (Å²) in [6.07, 6.45) is 10.6. The van der Waals surface area contributed by atoms with Crippen LogP contribution in [0.2, 0.25) is 0 Å². The second kappa shape index (κ2) is 5.85. The fourth-order valence-corrected chi connectivity index (χ4v) is 3.25. The van der Waals surface area contributed by atoms with E-state index in [0.717, 1.165) is 19.6 Å². The molecule has 1 heterocycles. The van der Waals surface area contributed by atoms with E-state index in [4.69, 9.17) is 5.73 Å². The van der Waals surface area contributed by atoms with Gasteiger partial charge in [-0.25, -0.2) is 0 Å². The van der Waals surface area contributed by atoms with Crippen molar-refractivity contribution in [2.75, 3.05) is 13.1 Å². The number of aromatic nitrogens is 2. The highest BCUT2D eigenvalue weighted by Crippen LogP contribution is 2.33. The number of hydrogen-bond acceptors (Lipinski definition) is 3. The zero-order chi connectivity index (χ0) is 13.0. The van der Waals surface area contributed by atoms with Crippen LogP contribution in [0, 0.1) is 0 Å². The Hall–Kier alpha value is -0.870. The fourth-order valence-electron chi connectivity index (χ4n) is 3.25. The van der Waals surface area contributed by atoms with Crippen LogP contribution in [0.15, 0.2) is 12.4 Å². The van der Waals surface area contributed by atoms with Crippen LogP contribution in [-0.4, -0.2) is 33.3 Å². The third-order valence-corrected chi connectivity index (χ3v) is 4.35. The van der Waals surface area contributed by atoms with Gasteiger partial charge in [0.15, 0.2) is 0 Å². The summed E-state index contributed by atoms with van der Waals surface area (Å²) in [5.74, 6) is 0. The maximum absolute atomic E-state index is 6.11. The van der Waals surface area contributed by atoms with Crippen LogP contribution in [0.4, 0.5) is 0 Å². The molecule has 0 radical (unpaired) electrons. The summed E-state index contributed by atoms with van der Waals surface area (Å²) in [5.41, 5.74) is 7.63. The molecule has 0 aromatic carbocycles. The highest BCUT2D eigenvalue weighted by atomic mass is 15.3. The molecule has 0 unspecified atom stereocenters. The molecule has 1 saturated carbocycles. The Morgan fingerprint density at radius 3 is 2.61 bits per heavy atom. The second-order valence-corrected chi connectivity index (χ2v) is 5.53. The molecule has 4 heteroatoms. The molecule has 2 rings (SSSR count). The first-order valence-corrected chi connectivity index (χ1v) is 7.13. The van der Waals surface area contributed by atoms with E-state index in [1.807, 2.05) is 17.9 Å². The maximum atomic E-state index is 6.11. The average Bonchev–Trinajstić information content (AvgIpc) is 2.82. The molecule has 0 aliphatic heterocycles. The summed E-state index contributed by atoms with van der Waals surface area (Å²) < 4.78 is 1.87. The molecule has 102 valence electrons. The number of likely N-dealkylation sites (N-methyl/N-ethyl adjacent to an activating group) is 1. The first-order chi connectivity index (χ1) is 8.70. The van der Waals surface area contributed by atoms with E-state index in [1.165, 1.54) is 37.7 Å². The SMILES string of the molecule is CCN(Cc1cnn(C)c1)C1(CN)CCCCC1. The normalized spacial score (nSPS) is 19.3. The van der Waals surface area contributed by atoms with E-state index < -0.39 is 0 Å². The van der Waals surface area contributed by atoms with Gasteiger partial charge in [0.1, 0.15) is 0 Å². The number of hydrogen-bond donors (Lipinski definition) is 1. The fraction of sp³-hybridized carbons (Fsp3) is 0.786. The van der Waals surface area contributed by atoms with Crippen molar-refractivity contribution in [3.8, 4) is 0 Å². The Labute approximate surface area is 110 Å². The Kier molecular flexibility index (Phi) is 4.40. The first kappa shape index (κ1) is 13.6. The number of nitrogens with two attached hydrogens (primary N) is 1. The minimum Gasteiger partial charge on any atom is -0.329 e. The van der Waals surface area contributed by atoms with Gasteiger partial charge in [0, 0.05) is 37.4 Å². The van der Waals surface area contributed by atoms with Crippen LogP contribution in [-0.2, 0) is 13.6 Å². The molecule has 4 nitrogen and oxygen atoms in total. The predicted octanol–water partition coefficient (Wildman–Crippen LogP) is 1.90. The number of nitrogens with zero attached hydrogens (tertiary/aromatic N) is 3. The topological polar surface area (TPSA) is 47.1 Å². The van der Waals surface area contributed by atoms with Crippen molar-refractivity contribution in [3.63, 3.8) is 0 Å². The summed E-state index contributed by atoms with van der Waals surface area (Å²) in [6.45, 7) is 5.05. The quantitative estimate of drug-likeness (QED) is 0.868. The Bertz CT molecular complexity index is 366. The predicted molar refractivity (Wildman–Crippen MR) is 74.2 cm³/mol. The van der Waals surface area contributed by atoms with Crippen LogP contribution in [0.25, 0.3) is 0 Å². The molecule has 18 heavy (non-hydrogen) atoms. The lowest BCUT2D eigenvalue weighted by atomic mass is 9.80. The van der Waals surface area contributed by atoms with Crippen molar-refractivity contribution >= 4 is 0 Å². The molecule has 0 amide bonds. The van der Waals surface area contributed by atoms with Gasteiger partial charge in [0.2, 0.25) is 0 Å². The minimum absolute atomic E-state index is 0.225. The zero-order valence-corrected chi connectivity index (χ0v) is 11.7. The smallest absolute Gasteiger partial charge is 0.0534 e. The van der Waals surface area contributed by atoms with E-state index in [9.17, 15) is 0 Å². The van der Waals surface area contributed by atoms with E-state index in [1.54, 1.807) is 0 Å². The van der Waals surface area contributed by atoms with Crippen molar-refractivity contribution in [3.05, 3.63) is 18.0 Å². The lowest BCUT2D eigenvalue weighted by Crippen LogP contribution is -2.54. The van der Waals surface area contributed by atoms with Gasteiger partial charge >= 0.3 is 0 Å². The van der Waals surface area contributed by atoms with Gasteiger partial charge in [0.05, 0.1) is 6.20 Å². The summed E-state index contributed by atoms with van der Waals surface area (Å²) in [7, 11) is 1.97. The molecule has 1 fully saturated rings. The monoisotopic (exact) mass is 250 g/mol. The summed E-state index contributed by atoms with van der Waals surface area (Å²) in [4.78, 5) is 2.56. The zero-order valence-electron chi connectivity index (χ0n) is 11.7. The molecule has 0 bridgehead atoms. The molecule has 1 aliphatic rings. The summed E-state index contributed by atoms with van der Waals surface area (Å²) in [5, 5.41) is 4.26. The minimum atomic E-state index is 0.225. The van der Waals surface area contributed by atoms with Gasteiger partial charge in [0.25, 0.3) is 0 Å². The van der Waals surface area contributed by atoms with Crippen molar-refractivity contribution in [2.45, 2.75) is 51.1 Å². The molecule has 0 spiro atoms. The first-order valence-electron chi connectivity index (χ1n) is 7.13. The van der Waals surface area contributed by atoms with Gasteiger partial charge in [-0.15, -0.1) is 0 Å². The van der Waals surface area contributed by atoms with Gasteiger partial charge in [-0.1, -0.05) is 26.2 Å². The molecule has 2 N–H and O–H groups in total. The third kappa shape index (κ3) is 2.75. The Morgan fingerprint density at radius 2 is 2.11 bits per heavy atom. The van der Waals surface area contributed by atoms with Gasteiger partial charge in [-0.05, 0) is 19.4 Å². The van der Waals surface area contributed by atoms with E-state index in [2.05, 4.69) is 23.1 Å². The van der Waals surface area contributed by atoms with Crippen LogP contribution < -0.4 is 5.73 Å². The Balaban J connectivity index is 2.10. The maximum Gasteiger partial charge on any atom is 0.0534 e. The largest absolute Gasteiger partial charge is 0.329 e. The molecule has 1 aliphatic carbocycles. The third-order valence-electron chi connectivity index (χ3n) is 4.35. The van der Waals surface area contributed by atoms with Crippen molar-refractivity contribution < 1.29 is 0 Å². The van der Waals surface area contributed by atoms with E-state index in [-0.39, 0.29) is 5.54 Å². The molecular weight excluding hydrogens is 224 g/mol. The standard InChI is InChI=1S/C14H26N4/c1-3-18(11-13-9-16-17(2)10-13)14(12-15)7-5-4-6-8-14/h9-10H,3-8,11-12,15H2,1-2H3. The molecule has 0 saturated heterocycles. The Morgan fingerprint density at radius 1 is 1.39 bits per heavy atom. The summed E-state index contributed by atoms with van der Waals surface area (Å²) >= 11 is 0. The lowest BCUT2D eigenvalue weighted by Gasteiger charge is -2.45. The van der Waals surface area contributed by atoms with Crippen LogP contribution >= 0.6 is 0 Å². The summed E-state index contributed by atoms with van der Waals surface area (Å²) in [6, 6.07) is 0. The van der Waals surface area contributed by atoms with Gasteiger partial charge < -0.3 is 5.73 Å². The highest BCUT2D eigenvalue weighted by molar-refractivity contribution is 5.06. The highest BCUT2D eigenvalue weighted by Gasteiger charge is 2.35. The van der Waals surface area contributed by atoms with E-state index in [0.29, 0.717) is 0 Å².